The summed E-state index contributed by atoms with van der Waals surface area (Å²) in [6, 6.07) is 9.50. The van der Waals surface area contributed by atoms with Crippen molar-refractivity contribution in [2.75, 3.05) is 7.05 Å². The summed E-state index contributed by atoms with van der Waals surface area (Å²) >= 11 is 0. The maximum atomic E-state index is 3.44. The zero-order valence-corrected chi connectivity index (χ0v) is 9.09. The van der Waals surface area contributed by atoms with E-state index in [9.17, 15) is 0 Å². The quantitative estimate of drug-likeness (QED) is 0.770. The fourth-order valence-electron chi connectivity index (χ4n) is 2.22. The molecule has 1 N–H and O–H groups in total. The molecular formula is C13H19N. The van der Waals surface area contributed by atoms with Gasteiger partial charge in [0.05, 0.1) is 0 Å². The van der Waals surface area contributed by atoms with Gasteiger partial charge in [0, 0.05) is 6.04 Å². The van der Waals surface area contributed by atoms with Crippen molar-refractivity contribution < 1.29 is 0 Å². The normalized spacial score (nSPS) is 19.0. The lowest BCUT2D eigenvalue weighted by atomic mass is 9.77. The molecule has 0 heterocycles. The standard InChI is InChI=1S/C13H19N/c1-10-6-8-12(9-7-10)13(14-2)11-4-3-5-11/h6-9,11,13-14H,3-5H2,1-2H3. The van der Waals surface area contributed by atoms with Gasteiger partial charge in [-0.2, -0.15) is 0 Å². The average molecular weight is 189 g/mol. The second-order valence-corrected chi connectivity index (χ2v) is 4.37. The molecule has 14 heavy (non-hydrogen) atoms. The molecule has 0 amide bonds. The highest BCUT2D eigenvalue weighted by molar-refractivity contribution is 5.25. The second kappa shape index (κ2) is 4.14. The third-order valence-electron chi connectivity index (χ3n) is 3.37. The van der Waals surface area contributed by atoms with Crippen LogP contribution in [-0.2, 0) is 0 Å². The van der Waals surface area contributed by atoms with Gasteiger partial charge in [0.2, 0.25) is 0 Å². The molecule has 0 bridgehead atoms. The summed E-state index contributed by atoms with van der Waals surface area (Å²) in [5.41, 5.74) is 2.79. The van der Waals surface area contributed by atoms with E-state index in [4.69, 9.17) is 0 Å². The number of nitrogens with one attached hydrogen (secondary N) is 1. The van der Waals surface area contributed by atoms with Crippen LogP contribution in [0.15, 0.2) is 24.3 Å². The first-order valence-electron chi connectivity index (χ1n) is 5.55. The van der Waals surface area contributed by atoms with Gasteiger partial charge in [0.25, 0.3) is 0 Å². The van der Waals surface area contributed by atoms with Crippen LogP contribution in [-0.4, -0.2) is 7.05 Å². The van der Waals surface area contributed by atoms with Gasteiger partial charge < -0.3 is 5.32 Å². The third-order valence-corrected chi connectivity index (χ3v) is 3.37. The van der Waals surface area contributed by atoms with Crippen molar-refractivity contribution in [1.29, 1.82) is 0 Å². The van der Waals surface area contributed by atoms with Crippen molar-refractivity contribution in [3.05, 3.63) is 35.4 Å². The van der Waals surface area contributed by atoms with Gasteiger partial charge in [-0.25, -0.2) is 0 Å². The van der Waals surface area contributed by atoms with Crippen LogP contribution in [0.4, 0.5) is 0 Å². The molecule has 1 fully saturated rings. The molecule has 1 nitrogen and oxygen atoms in total. The Morgan fingerprint density at radius 1 is 1.21 bits per heavy atom. The van der Waals surface area contributed by atoms with Crippen molar-refractivity contribution in [2.24, 2.45) is 5.92 Å². The van der Waals surface area contributed by atoms with Crippen LogP contribution in [0.2, 0.25) is 0 Å². The highest BCUT2D eigenvalue weighted by Crippen LogP contribution is 2.37. The van der Waals surface area contributed by atoms with E-state index in [-0.39, 0.29) is 0 Å². The van der Waals surface area contributed by atoms with E-state index in [1.54, 1.807) is 0 Å². The first kappa shape index (κ1) is 9.72. The summed E-state index contributed by atoms with van der Waals surface area (Å²) in [5, 5.41) is 3.44. The van der Waals surface area contributed by atoms with Gasteiger partial charge in [-0.1, -0.05) is 36.2 Å². The van der Waals surface area contributed by atoms with Crippen LogP contribution in [0.5, 0.6) is 0 Å². The number of hydrogen-bond acceptors (Lipinski definition) is 1. The number of hydrogen-bond donors (Lipinski definition) is 1. The smallest absolute Gasteiger partial charge is 0.0346 e. The number of rotatable bonds is 3. The zero-order chi connectivity index (χ0) is 9.97. The van der Waals surface area contributed by atoms with E-state index >= 15 is 0 Å². The Labute approximate surface area is 86.5 Å². The van der Waals surface area contributed by atoms with E-state index in [0.29, 0.717) is 6.04 Å². The van der Waals surface area contributed by atoms with Crippen LogP contribution in [0.1, 0.15) is 36.4 Å². The van der Waals surface area contributed by atoms with Crippen LogP contribution in [0.25, 0.3) is 0 Å². The molecule has 0 radical (unpaired) electrons. The summed E-state index contributed by atoms with van der Waals surface area (Å²) in [5.74, 6) is 0.864. The minimum atomic E-state index is 0.573. The molecule has 1 aromatic carbocycles. The van der Waals surface area contributed by atoms with E-state index < -0.39 is 0 Å². The highest BCUT2D eigenvalue weighted by atomic mass is 14.9. The fourth-order valence-corrected chi connectivity index (χ4v) is 2.22. The lowest BCUT2D eigenvalue weighted by molar-refractivity contribution is 0.239. The lowest BCUT2D eigenvalue weighted by Crippen LogP contribution is -2.29. The molecule has 0 spiro atoms. The van der Waals surface area contributed by atoms with Gasteiger partial charge in [-0.05, 0) is 38.3 Å². The molecule has 1 atom stereocenters. The summed E-state index contributed by atoms with van der Waals surface area (Å²) < 4.78 is 0. The van der Waals surface area contributed by atoms with Crippen LogP contribution in [0, 0.1) is 12.8 Å². The minimum absolute atomic E-state index is 0.573. The predicted molar refractivity (Wildman–Crippen MR) is 60.3 cm³/mol. The highest BCUT2D eigenvalue weighted by Gasteiger charge is 2.26. The Bertz CT molecular complexity index is 285. The Morgan fingerprint density at radius 3 is 2.29 bits per heavy atom. The van der Waals surface area contributed by atoms with Crippen LogP contribution >= 0.6 is 0 Å². The number of benzene rings is 1. The zero-order valence-electron chi connectivity index (χ0n) is 9.09. The Morgan fingerprint density at radius 2 is 1.86 bits per heavy atom. The Kier molecular flexibility index (Phi) is 2.87. The monoisotopic (exact) mass is 189 g/mol. The largest absolute Gasteiger partial charge is 0.313 e. The van der Waals surface area contributed by atoms with E-state index in [1.165, 1.54) is 30.4 Å². The maximum absolute atomic E-state index is 3.44. The van der Waals surface area contributed by atoms with Gasteiger partial charge >= 0.3 is 0 Å². The molecule has 1 aliphatic rings. The first-order valence-corrected chi connectivity index (χ1v) is 5.55. The van der Waals surface area contributed by atoms with Crippen LogP contribution < -0.4 is 5.32 Å². The molecule has 1 unspecified atom stereocenters. The Balaban J connectivity index is 2.14. The first-order chi connectivity index (χ1) is 6.81. The summed E-state index contributed by atoms with van der Waals surface area (Å²) in [6.07, 6.45) is 4.19. The van der Waals surface area contributed by atoms with Crippen LogP contribution in [0.3, 0.4) is 0 Å². The van der Waals surface area contributed by atoms with E-state index in [1.807, 2.05) is 0 Å². The average Bonchev–Trinajstić information content (AvgIpc) is 2.13. The maximum Gasteiger partial charge on any atom is 0.0346 e. The van der Waals surface area contributed by atoms with Gasteiger partial charge in [0.15, 0.2) is 0 Å². The second-order valence-electron chi connectivity index (χ2n) is 4.37. The molecule has 0 aromatic heterocycles. The van der Waals surface area contributed by atoms with E-state index in [0.717, 1.165) is 5.92 Å². The summed E-state index contributed by atoms with van der Waals surface area (Å²) in [7, 11) is 2.07. The van der Waals surface area contributed by atoms with Crippen molar-refractivity contribution >= 4 is 0 Å². The minimum Gasteiger partial charge on any atom is -0.313 e. The molecule has 1 heteroatoms. The molecule has 2 rings (SSSR count). The topological polar surface area (TPSA) is 12.0 Å². The molecule has 0 saturated heterocycles. The van der Waals surface area contributed by atoms with E-state index in [2.05, 4.69) is 43.6 Å². The SMILES string of the molecule is CNC(c1ccc(C)cc1)C1CCC1. The Hall–Kier alpha value is -0.820. The van der Waals surface area contributed by atoms with Crippen molar-refractivity contribution in [3.8, 4) is 0 Å². The van der Waals surface area contributed by atoms with Crippen molar-refractivity contribution in [2.45, 2.75) is 32.2 Å². The summed E-state index contributed by atoms with van der Waals surface area (Å²) in [4.78, 5) is 0. The summed E-state index contributed by atoms with van der Waals surface area (Å²) in [6.45, 7) is 2.14. The van der Waals surface area contributed by atoms with Gasteiger partial charge in [-0.3, -0.25) is 0 Å². The molecule has 1 aromatic rings. The van der Waals surface area contributed by atoms with Gasteiger partial charge in [0.1, 0.15) is 0 Å². The molecule has 1 aliphatic carbocycles. The van der Waals surface area contributed by atoms with Gasteiger partial charge in [-0.15, -0.1) is 0 Å². The molecule has 0 aliphatic heterocycles. The van der Waals surface area contributed by atoms with Crippen molar-refractivity contribution in [3.63, 3.8) is 0 Å². The van der Waals surface area contributed by atoms with Crippen molar-refractivity contribution in [1.82, 2.24) is 5.32 Å². The molecule has 76 valence electrons. The number of aryl methyl sites for hydroxylation is 1. The third kappa shape index (κ3) is 1.83. The fraction of sp³-hybridized carbons (Fsp3) is 0.538. The lowest BCUT2D eigenvalue weighted by Gasteiger charge is -2.34. The predicted octanol–water partition coefficient (Wildman–Crippen LogP) is 3.06. The molecular weight excluding hydrogens is 170 g/mol. The molecule has 1 saturated carbocycles.